The van der Waals surface area contributed by atoms with Gasteiger partial charge in [0, 0.05) is 49.1 Å². The van der Waals surface area contributed by atoms with E-state index in [0.717, 1.165) is 44.3 Å². The molecule has 204 valence electrons. The van der Waals surface area contributed by atoms with Crippen LogP contribution in [-0.2, 0) is 32.6 Å². The number of nitrogens with one attached hydrogen (secondary N) is 1. The summed E-state index contributed by atoms with van der Waals surface area (Å²) in [5.41, 5.74) is 2.76. The summed E-state index contributed by atoms with van der Waals surface area (Å²) in [6, 6.07) is 11.2. The largest absolute Gasteiger partial charge is 0.337 e. The molecule has 2 atom stereocenters. The quantitative estimate of drug-likeness (QED) is 0.521. The van der Waals surface area contributed by atoms with Gasteiger partial charge in [-0.2, -0.15) is 4.72 Å². The Morgan fingerprint density at radius 2 is 1.87 bits per heavy atom. The summed E-state index contributed by atoms with van der Waals surface area (Å²) >= 11 is 7.17. The third kappa shape index (κ3) is 6.66. The van der Waals surface area contributed by atoms with Crippen LogP contribution in [-0.4, -0.2) is 79.7 Å². The number of fused-ring (bicyclic) bond motifs is 1. The van der Waals surface area contributed by atoms with Crippen LogP contribution < -0.4 is 4.72 Å². The fraction of sp³-hybridized carbons (Fsp3) is 0.481. The molecule has 2 aromatic rings. The molecule has 0 radical (unpaired) electrons. The molecular weight excluding hydrogens is 544 g/mol. The number of amides is 2. The maximum absolute atomic E-state index is 13.3. The fourth-order valence-corrected chi connectivity index (χ4v) is 7.70. The van der Waals surface area contributed by atoms with E-state index in [0.29, 0.717) is 35.1 Å². The van der Waals surface area contributed by atoms with Crippen molar-refractivity contribution in [2.45, 2.75) is 50.7 Å². The number of halogens is 1. The zero-order chi connectivity index (χ0) is 26.7. The lowest BCUT2D eigenvalue weighted by Crippen LogP contribution is -2.55. The third-order valence-electron chi connectivity index (χ3n) is 7.54. The minimum absolute atomic E-state index is 0.0140. The maximum atomic E-state index is 13.3. The molecular formula is C27H33ClN4O4S2. The molecule has 0 spiro atoms. The highest BCUT2D eigenvalue weighted by Crippen LogP contribution is 2.25. The number of nitrogens with zero attached hydrogens (tertiary/aromatic N) is 3. The summed E-state index contributed by atoms with van der Waals surface area (Å²) in [6.07, 6.45) is 5.44. The molecule has 0 bridgehead atoms. The Kier molecular flexibility index (Phi) is 8.54. The van der Waals surface area contributed by atoms with Crippen LogP contribution in [0.5, 0.6) is 0 Å². The molecule has 2 fully saturated rings. The van der Waals surface area contributed by atoms with Crippen molar-refractivity contribution in [2.24, 2.45) is 0 Å². The van der Waals surface area contributed by atoms with Gasteiger partial charge in [-0.1, -0.05) is 35.9 Å². The Labute approximate surface area is 233 Å². The molecule has 8 nitrogen and oxygen atoms in total. The van der Waals surface area contributed by atoms with E-state index in [2.05, 4.69) is 33.9 Å². The zero-order valence-corrected chi connectivity index (χ0v) is 23.6. The van der Waals surface area contributed by atoms with Gasteiger partial charge in [-0.15, -0.1) is 11.3 Å². The lowest BCUT2D eigenvalue weighted by atomic mass is 9.99. The molecule has 3 aliphatic rings. The van der Waals surface area contributed by atoms with E-state index >= 15 is 0 Å². The molecule has 3 aliphatic heterocycles. The van der Waals surface area contributed by atoms with Crippen LogP contribution in [0.15, 0.2) is 41.8 Å². The topological polar surface area (TPSA) is 90.0 Å². The van der Waals surface area contributed by atoms with Crippen molar-refractivity contribution in [3.8, 4) is 0 Å². The molecule has 5 rings (SSSR count). The van der Waals surface area contributed by atoms with Gasteiger partial charge in [-0.25, -0.2) is 8.42 Å². The van der Waals surface area contributed by atoms with E-state index in [1.807, 2.05) is 4.90 Å². The number of hydrogen-bond donors (Lipinski definition) is 1. The predicted octanol–water partition coefficient (Wildman–Crippen LogP) is 3.33. The number of sulfonamides is 1. The first-order valence-electron chi connectivity index (χ1n) is 13.1. The van der Waals surface area contributed by atoms with Gasteiger partial charge in [-0.05, 0) is 61.4 Å². The van der Waals surface area contributed by atoms with E-state index in [-0.39, 0.29) is 24.4 Å². The summed E-state index contributed by atoms with van der Waals surface area (Å²) in [4.78, 5) is 33.0. The summed E-state index contributed by atoms with van der Waals surface area (Å²) in [5, 5.41) is 1.06. The monoisotopic (exact) mass is 576 g/mol. The lowest BCUT2D eigenvalue weighted by molar-refractivity contribution is -0.143. The summed E-state index contributed by atoms with van der Waals surface area (Å²) < 4.78 is 28.3. The highest BCUT2D eigenvalue weighted by atomic mass is 35.5. The molecule has 1 N–H and O–H groups in total. The Balaban J connectivity index is 1.16. The van der Waals surface area contributed by atoms with Crippen LogP contribution >= 0.6 is 22.9 Å². The fourth-order valence-electron chi connectivity index (χ4n) is 5.63. The van der Waals surface area contributed by atoms with Crippen LogP contribution in [0.1, 0.15) is 41.7 Å². The molecule has 4 heterocycles. The molecule has 0 aliphatic carbocycles. The van der Waals surface area contributed by atoms with Crippen LogP contribution in [0.4, 0.5) is 0 Å². The van der Waals surface area contributed by atoms with E-state index in [1.165, 1.54) is 33.4 Å². The number of likely N-dealkylation sites (tertiary alicyclic amines) is 2. The van der Waals surface area contributed by atoms with Gasteiger partial charge in [0.25, 0.3) is 0 Å². The van der Waals surface area contributed by atoms with Gasteiger partial charge in [0.1, 0.15) is 6.04 Å². The zero-order valence-electron chi connectivity index (χ0n) is 21.2. The highest BCUT2D eigenvalue weighted by molar-refractivity contribution is 7.92. The molecule has 11 heteroatoms. The van der Waals surface area contributed by atoms with Crippen LogP contribution in [0.3, 0.4) is 0 Å². The van der Waals surface area contributed by atoms with E-state index in [4.69, 9.17) is 11.6 Å². The standard InChI is InChI=1S/C27H33ClN4O4S2/c28-25-10-9-23(37-25)12-16-38(35,36)29-24-8-4-13-31(27(24)34)19-26(33)32-14-3-7-22(32)18-30-15-11-20-5-1-2-6-21(20)17-30/h1-2,5-6,9-10,12,16,22,24,29H,3-4,7-8,11,13-15,17-19H2/b16-12+/t22-,24-/m0/s1. The van der Waals surface area contributed by atoms with Gasteiger partial charge in [0.15, 0.2) is 0 Å². The average Bonchev–Trinajstić information content (AvgIpc) is 3.54. The van der Waals surface area contributed by atoms with Crippen molar-refractivity contribution >= 4 is 50.9 Å². The van der Waals surface area contributed by atoms with E-state index in [1.54, 1.807) is 12.1 Å². The second kappa shape index (κ2) is 11.9. The van der Waals surface area contributed by atoms with Crippen LogP contribution in [0, 0.1) is 0 Å². The van der Waals surface area contributed by atoms with Gasteiger partial charge in [-0.3, -0.25) is 14.5 Å². The number of thiophene rings is 1. The normalized spacial score (nSPS) is 22.8. The molecule has 38 heavy (non-hydrogen) atoms. The molecule has 1 aromatic carbocycles. The van der Waals surface area contributed by atoms with Crippen LogP contribution in [0.25, 0.3) is 6.08 Å². The second-order valence-electron chi connectivity index (χ2n) is 10.2. The Morgan fingerprint density at radius 3 is 2.66 bits per heavy atom. The smallest absolute Gasteiger partial charge is 0.242 e. The first kappa shape index (κ1) is 27.3. The minimum Gasteiger partial charge on any atom is -0.337 e. The van der Waals surface area contributed by atoms with Gasteiger partial charge in [0.05, 0.1) is 10.9 Å². The summed E-state index contributed by atoms with van der Waals surface area (Å²) in [6.45, 7) is 3.85. The lowest BCUT2D eigenvalue weighted by Gasteiger charge is -2.36. The Hall–Kier alpha value is -2.24. The van der Waals surface area contributed by atoms with Gasteiger partial charge in [0.2, 0.25) is 21.8 Å². The van der Waals surface area contributed by atoms with E-state index in [9.17, 15) is 18.0 Å². The number of hydrogen-bond acceptors (Lipinski definition) is 6. The maximum Gasteiger partial charge on any atom is 0.242 e. The molecule has 0 saturated carbocycles. The van der Waals surface area contributed by atoms with Crippen molar-refractivity contribution in [1.29, 1.82) is 0 Å². The number of benzene rings is 1. The minimum atomic E-state index is -3.83. The molecule has 0 unspecified atom stereocenters. The molecule has 2 amide bonds. The Bertz CT molecular complexity index is 1310. The van der Waals surface area contributed by atoms with Crippen molar-refractivity contribution in [3.63, 3.8) is 0 Å². The number of carbonyl (C=O) groups is 2. The summed E-state index contributed by atoms with van der Waals surface area (Å²) in [5.74, 6) is -0.402. The average molecular weight is 577 g/mol. The molecule has 2 saturated heterocycles. The van der Waals surface area contributed by atoms with Crippen molar-refractivity contribution in [2.75, 3.05) is 32.7 Å². The number of carbonyl (C=O) groups excluding carboxylic acids is 2. The van der Waals surface area contributed by atoms with Crippen molar-refractivity contribution in [3.05, 3.63) is 62.1 Å². The van der Waals surface area contributed by atoms with Crippen LogP contribution in [0.2, 0.25) is 4.34 Å². The number of piperidine rings is 1. The first-order valence-corrected chi connectivity index (χ1v) is 15.8. The van der Waals surface area contributed by atoms with Gasteiger partial charge < -0.3 is 9.80 Å². The van der Waals surface area contributed by atoms with Crippen molar-refractivity contribution in [1.82, 2.24) is 19.4 Å². The van der Waals surface area contributed by atoms with E-state index < -0.39 is 16.1 Å². The summed E-state index contributed by atoms with van der Waals surface area (Å²) in [7, 11) is -3.83. The third-order valence-corrected chi connectivity index (χ3v) is 9.85. The molecule has 1 aromatic heterocycles. The second-order valence-corrected chi connectivity index (χ2v) is 13.5. The van der Waals surface area contributed by atoms with Crippen molar-refractivity contribution < 1.29 is 18.0 Å². The first-order chi connectivity index (χ1) is 18.3. The number of rotatable bonds is 8. The Morgan fingerprint density at radius 1 is 1.08 bits per heavy atom. The van der Waals surface area contributed by atoms with Gasteiger partial charge >= 0.3 is 0 Å². The predicted molar refractivity (Wildman–Crippen MR) is 150 cm³/mol. The highest BCUT2D eigenvalue weighted by Gasteiger charge is 2.36. The SMILES string of the molecule is O=C1[C@@H](NS(=O)(=O)/C=C/c2ccc(Cl)s2)CCCN1CC(=O)N1CCC[C@H]1CN1CCc2ccccc2C1.